The van der Waals surface area contributed by atoms with Gasteiger partial charge in [-0.2, -0.15) is 0 Å². The number of rotatable bonds is 15. The fourth-order valence-electron chi connectivity index (χ4n) is 2.66. The van der Waals surface area contributed by atoms with Gasteiger partial charge in [-0.05, 0) is 49.8 Å². The van der Waals surface area contributed by atoms with Crippen LogP contribution in [0.25, 0.3) is 0 Å². The molecule has 0 aromatic heterocycles. The molecule has 12 heteroatoms. The van der Waals surface area contributed by atoms with Gasteiger partial charge in [-0.25, -0.2) is 14.4 Å². The molecule has 0 radical (unpaired) electrons. The molecular formula is C26H39NO11. The Morgan fingerprint density at radius 3 is 1.97 bits per heavy atom. The molecule has 0 aliphatic carbocycles. The molecule has 1 rings (SSSR count). The Bertz CT molecular complexity index is 905. The van der Waals surface area contributed by atoms with E-state index in [-0.39, 0.29) is 50.3 Å². The second-order valence-electron chi connectivity index (χ2n) is 8.63. The maximum absolute atomic E-state index is 12.4. The fourth-order valence-corrected chi connectivity index (χ4v) is 2.66. The predicted octanol–water partition coefficient (Wildman–Crippen LogP) is 4.54. The summed E-state index contributed by atoms with van der Waals surface area (Å²) >= 11 is 0. The van der Waals surface area contributed by atoms with Gasteiger partial charge in [0.15, 0.2) is 11.5 Å². The van der Waals surface area contributed by atoms with Crippen molar-refractivity contribution in [2.45, 2.75) is 72.4 Å². The molecule has 2 N–H and O–H groups in total. The molecule has 3 atom stereocenters. The van der Waals surface area contributed by atoms with E-state index in [1.54, 1.807) is 13.0 Å². The van der Waals surface area contributed by atoms with Crippen LogP contribution in [0.4, 0.5) is 14.4 Å². The topological polar surface area (TPSA) is 159 Å². The maximum Gasteiger partial charge on any atom is 0.513 e. The van der Waals surface area contributed by atoms with Crippen molar-refractivity contribution in [2.24, 2.45) is 11.7 Å². The number of esters is 1. The molecule has 1 aromatic carbocycles. The first-order chi connectivity index (χ1) is 18.1. The fraction of sp³-hybridized carbons (Fsp3) is 0.615. The van der Waals surface area contributed by atoms with Gasteiger partial charge < -0.3 is 38.9 Å². The van der Waals surface area contributed by atoms with Gasteiger partial charge in [0.05, 0.1) is 19.8 Å². The average molecular weight is 542 g/mol. The minimum Gasteiger partial charge on any atom is -0.461 e. The first-order valence-corrected chi connectivity index (χ1v) is 12.7. The molecule has 0 aliphatic rings. The highest BCUT2D eigenvalue weighted by atomic mass is 16.7. The third kappa shape index (κ3) is 13.1. The van der Waals surface area contributed by atoms with Crippen molar-refractivity contribution in [3.05, 3.63) is 23.8 Å². The van der Waals surface area contributed by atoms with Gasteiger partial charge in [0.2, 0.25) is 0 Å². The van der Waals surface area contributed by atoms with Crippen LogP contribution in [-0.2, 0) is 34.9 Å². The van der Waals surface area contributed by atoms with Crippen LogP contribution >= 0.6 is 0 Å². The van der Waals surface area contributed by atoms with Crippen LogP contribution in [0.2, 0.25) is 0 Å². The molecule has 0 saturated carbocycles. The van der Waals surface area contributed by atoms with Crippen LogP contribution in [0.15, 0.2) is 18.2 Å². The first-order valence-electron chi connectivity index (χ1n) is 12.7. The molecule has 1 unspecified atom stereocenters. The summed E-state index contributed by atoms with van der Waals surface area (Å²) in [6.07, 6.45) is -1.49. The van der Waals surface area contributed by atoms with Crippen molar-refractivity contribution >= 4 is 24.4 Å². The predicted molar refractivity (Wildman–Crippen MR) is 135 cm³/mol. The molecule has 0 fully saturated rings. The van der Waals surface area contributed by atoms with Gasteiger partial charge in [0.25, 0.3) is 0 Å². The molecule has 0 spiro atoms. The SMILES string of the molecule is CCCOC(=O)Oc1ccc(C[C@H](N)C(=O)OC[C@H](C)OC(=O)OCC(C)CC)cc1OC(=O)OCCC. The van der Waals surface area contributed by atoms with Crippen LogP contribution < -0.4 is 15.2 Å². The van der Waals surface area contributed by atoms with Gasteiger partial charge in [-0.15, -0.1) is 0 Å². The Morgan fingerprint density at radius 1 is 0.789 bits per heavy atom. The molecule has 0 heterocycles. The highest BCUT2D eigenvalue weighted by Crippen LogP contribution is 2.30. The second kappa shape index (κ2) is 17.8. The minimum atomic E-state index is -1.08. The number of carbonyl (C=O) groups is 4. The molecule has 1 aromatic rings. The van der Waals surface area contributed by atoms with Crippen LogP contribution in [0.5, 0.6) is 11.5 Å². The largest absolute Gasteiger partial charge is 0.513 e. The molecule has 38 heavy (non-hydrogen) atoms. The summed E-state index contributed by atoms with van der Waals surface area (Å²) in [6, 6.07) is 3.23. The number of benzene rings is 1. The number of ether oxygens (including phenoxy) is 7. The second-order valence-corrected chi connectivity index (χ2v) is 8.63. The van der Waals surface area contributed by atoms with Crippen molar-refractivity contribution in [3.63, 3.8) is 0 Å². The normalized spacial score (nSPS) is 12.9. The zero-order valence-corrected chi connectivity index (χ0v) is 22.7. The summed E-state index contributed by atoms with van der Waals surface area (Å²) in [5.74, 6) is -0.722. The molecule has 0 aliphatic heterocycles. The molecule has 0 bridgehead atoms. The van der Waals surface area contributed by atoms with Crippen LogP contribution in [0.1, 0.15) is 59.4 Å². The lowest BCUT2D eigenvalue weighted by Crippen LogP contribution is -2.36. The summed E-state index contributed by atoms with van der Waals surface area (Å²) < 4.78 is 35.3. The zero-order chi connectivity index (χ0) is 28.5. The summed E-state index contributed by atoms with van der Waals surface area (Å²) in [5.41, 5.74) is 6.46. The molecule has 12 nitrogen and oxygen atoms in total. The van der Waals surface area contributed by atoms with Crippen LogP contribution in [0, 0.1) is 5.92 Å². The minimum absolute atomic E-state index is 0.00590. The summed E-state index contributed by atoms with van der Waals surface area (Å²) in [6.45, 7) is 9.43. The Morgan fingerprint density at radius 2 is 1.39 bits per heavy atom. The smallest absolute Gasteiger partial charge is 0.461 e. The van der Waals surface area contributed by atoms with Crippen molar-refractivity contribution in [1.29, 1.82) is 0 Å². The molecule has 0 saturated heterocycles. The van der Waals surface area contributed by atoms with Gasteiger partial charge >= 0.3 is 24.4 Å². The quantitative estimate of drug-likeness (QED) is 0.188. The third-order valence-corrected chi connectivity index (χ3v) is 4.94. The Balaban J connectivity index is 2.74. The number of hydrogen-bond acceptors (Lipinski definition) is 12. The van der Waals surface area contributed by atoms with Gasteiger partial charge in [-0.1, -0.05) is 40.2 Å². The number of nitrogens with two attached hydrogens (primary N) is 1. The van der Waals surface area contributed by atoms with E-state index in [1.807, 2.05) is 27.7 Å². The van der Waals surface area contributed by atoms with E-state index in [0.29, 0.717) is 18.4 Å². The lowest BCUT2D eigenvalue weighted by atomic mass is 10.1. The Kier molecular flexibility index (Phi) is 15.2. The van der Waals surface area contributed by atoms with Crippen molar-refractivity contribution in [2.75, 3.05) is 26.4 Å². The van der Waals surface area contributed by atoms with E-state index < -0.39 is 36.6 Å². The van der Waals surface area contributed by atoms with Crippen LogP contribution in [0.3, 0.4) is 0 Å². The van der Waals surface area contributed by atoms with Crippen LogP contribution in [-0.4, -0.2) is 63.0 Å². The Labute approximate surface area is 223 Å². The maximum atomic E-state index is 12.4. The lowest BCUT2D eigenvalue weighted by Gasteiger charge is -2.17. The van der Waals surface area contributed by atoms with Crippen molar-refractivity contribution in [1.82, 2.24) is 0 Å². The van der Waals surface area contributed by atoms with E-state index in [0.717, 1.165) is 6.42 Å². The van der Waals surface area contributed by atoms with E-state index in [2.05, 4.69) is 0 Å². The van der Waals surface area contributed by atoms with E-state index in [4.69, 9.17) is 38.9 Å². The van der Waals surface area contributed by atoms with Gasteiger partial charge in [-0.3, -0.25) is 4.79 Å². The summed E-state index contributed by atoms with van der Waals surface area (Å²) in [5, 5.41) is 0. The Hall–Kier alpha value is -3.54. The summed E-state index contributed by atoms with van der Waals surface area (Å²) in [7, 11) is 0. The molecule has 214 valence electrons. The highest BCUT2D eigenvalue weighted by molar-refractivity contribution is 5.76. The first kappa shape index (κ1) is 32.5. The highest BCUT2D eigenvalue weighted by Gasteiger charge is 2.21. The zero-order valence-electron chi connectivity index (χ0n) is 22.7. The van der Waals surface area contributed by atoms with Crippen molar-refractivity contribution in [3.8, 4) is 11.5 Å². The third-order valence-electron chi connectivity index (χ3n) is 4.94. The van der Waals surface area contributed by atoms with Crippen molar-refractivity contribution < 1.29 is 52.3 Å². The standard InChI is InChI=1S/C26H39NO11/c1-6-11-32-24(29)37-21-10-9-19(14-22(21)38-25(30)33-12-7-2)13-20(27)23(28)34-16-18(5)36-26(31)35-15-17(4)8-3/h9-10,14,17-18,20H,6-8,11-13,15-16,27H2,1-5H3/t17?,18-,20-/m0/s1. The van der Waals surface area contributed by atoms with E-state index >= 15 is 0 Å². The average Bonchev–Trinajstić information content (AvgIpc) is 2.89. The van der Waals surface area contributed by atoms with Gasteiger partial charge in [0.1, 0.15) is 18.8 Å². The molecular weight excluding hydrogens is 502 g/mol. The molecule has 0 amide bonds. The monoisotopic (exact) mass is 541 g/mol. The van der Waals surface area contributed by atoms with E-state index in [1.165, 1.54) is 12.1 Å². The van der Waals surface area contributed by atoms with E-state index in [9.17, 15) is 19.2 Å². The van der Waals surface area contributed by atoms with Gasteiger partial charge in [0, 0.05) is 0 Å². The summed E-state index contributed by atoms with van der Waals surface area (Å²) in [4.78, 5) is 47.9. The number of hydrogen-bond donors (Lipinski definition) is 1. The lowest BCUT2D eigenvalue weighted by molar-refractivity contribution is -0.148. The number of carbonyl (C=O) groups excluding carboxylic acids is 4.